The standard InChI is InChI=1S/C13H16FN3O3S/c1-8-13(9(2)17-16-8)21(18,19)15-7-10-4-5-12(20-3)11(14)6-10/h4-6,15H,7H2,1-3H3,(H,16,17). The molecule has 1 heterocycles. The Kier molecular flexibility index (Phi) is 4.29. The van der Waals surface area contributed by atoms with Gasteiger partial charge in [-0.25, -0.2) is 17.5 Å². The summed E-state index contributed by atoms with van der Waals surface area (Å²) in [6.07, 6.45) is 0. The molecule has 21 heavy (non-hydrogen) atoms. The van der Waals surface area contributed by atoms with Crippen molar-refractivity contribution in [2.24, 2.45) is 0 Å². The van der Waals surface area contributed by atoms with E-state index in [1.807, 2.05) is 0 Å². The molecule has 0 aliphatic heterocycles. The molecule has 0 amide bonds. The van der Waals surface area contributed by atoms with Crippen LogP contribution in [0.25, 0.3) is 0 Å². The quantitative estimate of drug-likeness (QED) is 0.879. The summed E-state index contributed by atoms with van der Waals surface area (Å²) in [6.45, 7) is 3.21. The van der Waals surface area contributed by atoms with Gasteiger partial charge in [0.2, 0.25) is 10.0 Å². The number of aryl methyl sites for hydroxylation is 2. The van der Waals surface area contributed by atoms with Crippen LogP contribution in [0.2, 0.25) is 0 Å². The summed E-state index contributed by atoms with van der Waals surface area (Å²) < 4.78 is 45.2. The Bertz CT molecular complexity index is 737. The predicted molar refractivity (Wildman–Crippen MR) is 75.0 cm³/mol. The second kappa shape index (κ2) is 5.82. The molecular formula is C13H16FN3O3S. The van der Waals surface area contributed by atoms with E-state index in [0.29, 0.717) is 17.0 Å². The largest absolute Gasteiger partial charge is 0.494 e. The third kappa shape index (κ3) is 3.22. The lowest BCUT2D eigenvalue weighted by atomic mass is 10.2. The summed E-state index contributed by atoms with van der Waals surface area (Å²) in [5.74, 6) is -0.423. The van der Waals surface area contributed by atoms with Gasteiger partial charge in [0.25, 0.3) is 0 Å². The number of hydrogen-bond donors (Lipinski definition) is 2. The SMILES string of the molecule is COc1ccc(CNS(=O)(=O)c2c(C)n[nH]c2C)cc1F. The fourth-order valence-corrected chi connectivity index (χ4v) is 3.39. The topological polar surface area (TPSA) is 84.1 Å². The van der Waals surface area contributed by atoms with Gasteiger partial charge in [-0.2, -0.15) is 5.10 Å². The smallest absolute Gasteiger partial charge is 0.244 e. The van der Waals surface area contributed by atoms with Crippen LogP contribution in [0.3, 0.4) is 0 Å². The Morgan fingerprint density at radius 3 is 2.62 bits per heavy atom. The average Bonchev–Trinajstić information content (AvgIpc) is 2.77. The number of aromatic nitrogens is 2. The molecule has 0 aliphatic rings. The first-order valence-corrected chi connectivity index (χ1v) is 7.67. The zero-order valence-corrected chi connectivity index (χ0v) is 12.7. The molecule has 6 nitrogen and oxygen atoms in total. The highest BCUT2D eigenvalue weighted by Gasteiger charge is 2.21. The molecular weight excluding hydrogens is 297 g/mol. The number of H-pyrrole nitrogens is 1. The van der Waals surface area contributed by atoms with Crippen LogP contribution in [0.1, 0.15) is 17.0 Å². The number of methoxy groups -OCH3 is 1. The normalized spacial score (nSPS) is 11.6. The van der Waals surface area contributed by atoms with Crippen molar-refractivity contribution >= 4 is 10.0 Å². The van der Waals surface area contributed by atoms with Gasteiger partial charge in [-0.15, -0.1) is 0 Å². The van der Waals surface area contributed by atoms with Gasteiger partial charge in [0, 0.05) is 6.54 Å². The van der Waals surface area contributed by atoms with Gasteiger partial charge in [0.1, 0.15) is 4.90 Å². The minimum absolute atomic E-state index is 0.0205. The Balaban J connectivity index is 2.18. The van der Waals surface area contributed by atoms with Crippen LogP contribution < -0.4 is 9.46 Å². The summed E-state index contributed by atoms with van der Waals surface area (Å²) in [5.41, 5.74) is 1.34. The number of nitrogens with one attached hydrogen (secondary N) is 2. The minimum atomic E-state index is -3.70. The molecule has 2 N–H and O–H groups in total. The number of ether oxygens (including phenoxy) is 1. The van der Waals surface area contributed by atoms with Crippen molar-refractivity contribution in [3.63, 3.8) is 0 Å². The van der Waals surface area contributed by atoms with E-state index in [1.165, 1.54) is 19.2 Å². The second-order valence-electron chi connectivity index (χ2n) is 4.56. The van der Waals surface area contributed by atoms with Gasteiger partial charge in [-0.1, -0.05) is 6.07 Å². The maximum Gasteiger partial charge on any atom is 0.244 e. The number of halogens is 1. The maximum atomic E-state index is 13.6. The molecule has 1 aromatic carbocycles. The lowest BCUT2D eigenvalue weighted by molar-refractivity contribution is 0.386. The molecule has 1 aromatic heterocycles. The summed E-state index contributed by atoms with van der Waals surface area (Å²) in [7, 11) is -2.34. The first-order valence-electron chi connectivity index (χ1n) is 6.19. The highest BCUT2D eigenvalue weighted by atomic mass is 32.2. The molecule has 0 spiro atoms. The van der Waals surface area contributed by atoms with Crippen LogP contribution in [0.4, 0.5) is 4.39 Å². The first-order chi connectivity index (χ1) is 9.85. The van der Waals surface area contributed by atoms with Crippen LogP contribution in [-0.2, 0) is 16.6 Å². The fourth-order valence-electron chi connectivity index (χ4n) is 2.01. The van der Waals surface area contributed by atoms with E-state index in [2.05, 4.69) is 14.9 Å². The molecule has 0 saturated carbocycles. The Morgan fingerprint density at radius 2 is 2.10 bits per heavy atom. The van der Waals surface area contributed by atoms with Crippen molar-refractivity contribution in [3.05, 3.63) is 41.0 Å². The van der Waals surface area contributed by atoms with Crippen molar-refractivity contribution in [1.82, 2.24) is 14.9 Å². The molecule has 0 fully saturated rings. The van der Waals surface area contributed by atoms with E-state index < -0.39 is 15.8 Å². The molecule has 0 aliphatic carbocycles. The van der Waals surface area contributed by atoms with E-state index in [1.54, 1.807) is 19.9 Å². The van der Waals surface area contributed by atoms with Crippen molar-refractivity contribution in [1.29, 1.82) is 0 Å². The predicted octanol–water partition coefficient (Wildman–Crippen LogP) is 1.65. The number of rotatable bonds is 5. The first kappa shape index (κ1) is 15.5. The number of benzene rings is 1. The van der Waals surface area contributed by atoms with Crippen molar-refractivity contribution < 1.29 is 17.5 Å². The van der Waals surface area contributed by atoms with E-state index in [0.717, 1.165) is 0 Å². The van der Waals surface area contributed by atoms with Gasteiger partial charge in [-0.3, -0.25) is 5.10 Å². The van der Waals surface area contributed by atoms with E-state index in [-0.39, 0.29) is 17.2 Å². The van der Waals surface area contributed by atoms with Gasteiger partial charge in [0.05, 0.1) is 18.5 Å². The van der Waals surface area contributed by atoms with Gasteiger partial charge in [0.15, 0.2) is 11.6 Å². The fraction of sp³-hybridized carbons (Fsp3) is 0.308. The zero-order chi connectivity index (χ0) is 15.6. The highest BCUT2D eigenvalue weighted by Crippen LogP contribution is 2.19. The number of hydrogen-bond acceptors (Lipinski definition) is 4. The second-order valence-corrected chi connectivity index (χ2v) is 6.26. The van der Waals surface area contributed by atoms with E-state index in [4.69, 9.17) is 4.74 Å². The number of aromatic amines is 1. The molecule has 0 bridgehead atoms. The third-order valence-corrected chi connectivity index (χ3v) is 4.68. The van der Waals surface area contributed by atoms with Crippen LogP contribution in [0.15, 0.2) is 23.1 Å². The van der Waals surface area contributed by atoms with Crippen LogP contribution in [0, 0.1) is 19.7 Å². The lowest BCUT2D eigenvalue weighted by Gasteiger charge is -2.08. The third-order valence-electron chi connectivity index (χ3n) is 3.01. The molecule has 114 valence electrons. The van der Waals surface area contributed by atoms with Crippen molar-refractivity contribution in [3.8, 4) is 5.75 Å². The molecule has 0 atom stereocenters. The van der Waals surface area contributed by atoms with E-state index >= 15 is 0 Å². The monoisotopic (exact) mass is 313 g/mol. The Morgan fingerprint density at radius 1 is 1.38 bits per heavy atom. The summed E-state index contributed by atoms with van der Waals surface area (Å²) >= 11 is 0. The molecule has 2 rings (SSSR count). The van der Waals surface area contributed by atoms with Crippen LogP contribution in [-0.4, -0.2) is 25.7 Å². The van der Waals surface area contributed by atoms with Gasteiger partial charge < -0.3 is 4.74 Å². The summed E-state index contributed by atoms with van der Waals surface area (Å²) in [5, 5.41) is 6.47. The van der Waals surface area contributed by atoms with E-state index in [9.17, 15) is 12.8 Å². The highest BCUT2D eigenvalue weighted by molar-refractivity contribution is 7.89. The average molecular weight is 313 g/mol. The Labute approximate surface area is 122 Å². The summed E-state index contributed by atoms with van der Waals surface area (Å²) in [4.78, 5) is 0.122. The van der Waals surface area contributed by atoms with Gasteiger partial charge >= 0.3 is 0 Å². The van der Waals surface area contributed by atoms with Crippen LogP contribution in [0.5, 0.6) is 5.75 Å². The minimum Gasteiger partial charge on any atom is -0.494 e. The van der Waals surface area contributed by atoms with Crippen molar-refractivity contribution in [2.45, 2.75) is 25.3 Å². The number of nitrogens with zero attached hydrogens (tertiary/aromatic N) is 1. The molecule has 0 unspecified atom stereocenters. The number of sulfonamides is 1. The maximum absolute atomic E-state index is 13.6. The lowest BCUT2D eigenvalue weighted by Crippen LogP contribution is -2.24. The Hall–Kier alpha value is -1.93. The molecule has 0 radical (unpaired) electrons. The summed E-state index contributed by atoms with van der Waals surface area (Å²) in [6, 6.07) is 4.28. The van der Waals surface area contributed by atoms with Crippen LogP contribution >= 0.6 is 0 Å². The molecule has 8 heteroatoms. The molecule has 0 saturated heterocycles. The van der Waals surface area contributed by atoms with Crippen molar-refractivity contribution in [2.75, 3.05) is 7.11 Å². The molecule has 2 aromatic rings. The van der Waals surface area contributed by atoms with Gasteiger partial charge in [-0.05, 0) is 31.5 Å². The zero-order valence-electron chi connectivity index (χ0n) is 11.9.